The molecule has 0 saturated heterocycles. The summed E-state index contributed by atoms with van der Waals surface area (Å²) in [6.45, 7) is -0.382. The Kier molecular flexibility index (Phi) is 5.47. The zero-order valence-corrected chi connectivity index (χ0v) is 15.4. The van der Waals surface area contributed by atoms with Crippen LogP contribution in [0.1, 0.15) is 20.8 Å². The number of thiazole rings is 1. The molecule has 128 valence electrons. The fraction of sp³-hybridized carbons (Fsp3) is 0.118. The molecule has 0 aliphatic heterocycles. The van der Waals surface area contributed by atoms with E-state index in [2.05, 4.69) is 4.98 Å². The third-order valence-corrected chi connectivity index (χ3v) is 5.16. The summed E-state index contributed by atoms with van der Waals surface area (Å²) in [5, 5.41) is 6.56. The maximum absolute atomic E-state index is 12.1. The summed E-state index contributed by atoms with van der Waals surface area (Å²) in [4.78, 5) is 28.4. The molecule has 0 bridgehead atoms. The highest BCUT2D eigenvalue weighted by molar-refractivity contribution is 7.14. The molecule has 2 heterocycles. The standard InChI is InChI=1S/C17H12ClNO4S2/c1-22-15-3-2-10(6-12(15)18)14(20)7-23-17(21)13-9-25-16(19-13)11-4-5-24-8-11/h2-6,8-9H,7H2,1H3. The number of ketones is 1. The average Bonchev–Trinajstić information content (AvgIpc) is 3.30. The van der Waals surface area contributed by atoms with Crippen molar-refractivity contribution in [2.75, 3.05) is 13.7 Å². The van der Waals surface area contributed by atoms with Crippen LogP contribution in [0.3, 0.4) is 0 Å². The van der Waals surface area contributed by atoms with Crippen LogP contribution in [-0.4, -0.2) is 30.5 Å². The minimum atomic E-state index is -0.634. The molecule has 3 aromatic rings. The van der Waals surface area contributed by atoms with Crippen LogP contribution < -0.4 is 4.74 Å². The van der Waals surface area contributed by atoms with Crippen molar-refractivity contribution >= 4 is 46.0 Å². The normalized spacial score (nSPS) is 10.5. The number of carbonyl (C=O) groups excluding carboxylic acids is 2. The van der Waals surface area contributed by atoms with E-state index in [9.17, 15) is 9.59 Å². The molecule has 0 atom stereocenters. The zero-order valence-electron chi connectivity index (χ0n) is 13.0. The Labute approximate surface area is 156 Å². The number of Topliss-reactive ketones (excluding diaryl/α,β-unsaturated/α-hetero) is 1. The topological polar surface area (TPSA) is 65.5 Å². The molecule has 0 saturated carbocycles. The van der Waals surface area contributed by atoms with Gasteiger partial charge in [0.05, 0.1) is 12.1 Å². The van der Waals surface area contributed by atoms with Crippen molar-refractivity contribution in [1.29, 1.82) is 0 Å². The number of halogens is 1. The van der Waals surface area contributed by atoms with Crippen molar-refractivity contribution in [3.05, 3.63) is 56.7 Å². The van der Waals surface area contributed by atoms with Crippen LogP contribution in [0.5, 0.6) is 5.75 Å². The molecule has 0 aliphatic carbocycles. The van der Waals surface area contributed by atoms with E-state index in [4.69, 9.17) is 21.1 Å². The predicted octanol–water partition coefficient (Wildman–Crippen LogP) is 4.57. The summed E-state index contributed by atoms with van der Waals surface area (Å²) in [6.07, 6.45) is 0. The number of hydrogen-bond donors (Lipinski definition) is 0. The van der Waals surface area contributed by atoms with Gasteiger partial charge < -0.3 is 9.47 Å². The van der Waals surface area contributed by atoms with Crippen LogP contribution in [0.4, 0.5) is 0 Å². The van der Waals surface area contributed by atoms with E-state index in [0.717, 1.165) is 10.6 Å². The molecule has 0 spiro atoms. The van der Waals surface area contributed by atoms with Gasteiger partial charge in [0.15, 0.2) is 18.1 Å². The zero-order chi connectivity index (χ0) is 17.8. The van der Waals surface area contributed by atoms with E-state index in [1.54, 1.807) is 28.8 Å². The summed E-state index contributed by atoms with van der Waals surface area (Å²) < 4.78 is 10.1. The third-order valence-electron chi connectivity index (χ3n) is 3.29. The van der Waals surface area contributed by atoms with E-state index < -0.39 is 5.97 Å². The molecule has 0 fully saturated rings. The average molecular weight is 394 g/mol. The van der Waals surface area contributed by atoms with E-state index in [1.165, 1.54) is 24.5 Å². The quantitative estimate of drug-likeness (QED) is 0.453. The molecule has 0 N–H and O–H groups in total. The number of aromatic nitrogens is 1. The van der Waals surface area contributed by atoms with Gasteiger partial charge in [0.25, 0.3) is 0 Å². The first-order chi connectivity index (χ1) is 12.1. The Hall–Kier alpha value is -2.22. The number of esters is 1. The van der Waals surface area contributed by atoms with Gasteiger partial charge in [0, 0.05) is 21.9 Å². The monoisotopic (exact) mass is 393 g/mol. The smallest absolute Gasteiger partial charge is 0.358 e. The molecule has 0 radical (unpaired) electrons. The maximum atomic E-state index is 12.1. The predicted molar refractivity (Wildman–Crippen MR) is 98.0 cm³/mol. The Morgan fingerprint density at radius 3 is 2.76 bits per heavy atom. The second-order valence-electron chi connectivity index (χ2n) is 4.90. The van der Waals surface area contributed by atoms with Crippen molar-refractivity contribution in [2.24, 2.45) is 0 Å². The lowest BCUT2D eigenvalue weighted by molar-refractivity contribution is 0.0470. The van der Waals surface area contributed by atoms with Gasteiger partial charge in [-0.25, -0.2) is 9.78 Å². The Balaban J connectivity index is 1.62. The van der Waals surface area contributed by atoms with Crippen LogP contribution in [0, 0.1) is 0 Å². The van der Waals surface area contributed by atoms with Crippen molar-refractivity contribution < 1.29 is 19.1 Å². The summed E-state index contributed by atoms with van der Waals surface area (Å²) in [5.74, 6) is -0.518. The number of carbonyl (C=O) groups is 2. The number of rotatable bonds is 6. The largest absolute Gasteiger partial charge is 0.495 e. The number of methoxy groups -OCH3 is 1. The third kappa shape index (κ3) is 4.07. The van der Waals surface area contributed by atoms with Crippen molar-refractivity contribution in [2.45, 2.75) is 0 Å². The van der Waals surface area contributed by atoms with Gasteiger partial charge in [-0.1, -0.05) is 11.6 Å². The van der Waals surface area contributed by atoms with Crippen molar-refractivity contribution in [1.82, 2.24) is 4.98 Å². The molecule has 1 aromatic carbocycles. The van der Waals surface area contributed by atoms with Gasteiger partial charge in [-0.15, -0.1) is 11.3 Å². The van der Waals surface area contributed by atoms with Gasteiger partial charge in [-0.2, -0.15) is 11.3 Å². The molecular weight excluding hydrogens is 382 g/mol. The van der Waals surface area contributed by atoms with Gasteiger partial charge in [-0.3, -0.25) is 4.79 Å². The fourth-order valence-corrected chi connectivity index (χ4v) is 3.77. The first-order valence-corrected chi connectivity index (χ1v) is 9.30. The summed E-state index contributed by atoms with van der Waals surface area (Å²) in [6, 6.07) is 6.56. The van der Waals surface area contributed by atoms with Crippen LogP contribution in [0.15, 0.2) is 40.4 Å². The van der Waals surface area contributed by atoms with Crippen LogP contribution >= 0.6 is 34.3 Å². The number of nitrogens with zero attached hydrogens (tertiary/aromatic N) is 1. The molecule has 8 heteroatoms. The van der Waals surface area contributed by atoms with Gasteiger partial charge in [0.1, 0.15) is 10.8 Å². The van der Waals surface area contributed by atoms with Gasteiger partial charge >= 0.3 is 5.97 Å². The number of ether oxygens (including phenoxy) is 2. The number of thiophene rings is 1. The molecule has 25 heavy (non-hydrogen) atoms. The molecule has 0 amide bonds. The second kappa shape index (κ2) is 7.77. The van der Waals surface area contributed by atoms with Crippen molar-refractivity contribution in [3.63, 3.8) is 0 Å². The molecular formula is C17H12ClNO4S2. The SMILES string of the molecule is COc1ccc(C(=O)COC(=O)c2csc(-c3ccsc3)n2)cc1Cl. The van der Waals surface area contributed by atoms with E-state index in [-0.39, 0.29) is 18.1 Å². The minimum Gasteiger partial charge on any atom is -0.495 e. The Bertz CT molecular complexity index is 905. The summed E-state index contributed by atoms with van der Waals surface area (Å²) in [5.41, 5.74) is 1.49. The Morgan fingerprint density at radius 2 is 2.08 bits per heavy atom. The molecule has 5 nitrogen and oxygen atoms in total. The van der Waals surface area contributed by atoms with E-state index in [0.29, 0.717) is 16.3 Å². The summed E-state index contributed by atoms with van der Waals surface area (Å²) in [7, 11) is 1.49. The highest BCUT2D eigenvalue weighted by Crippen LogP contribution is 2.26. The molecule has 0 unspecified atom stereocenters. The minimum absolute atomic E-state index is 0.187. The first-order valence-electron chi connectivity index (χ1n) is 7.10. The summed E-state index contributed by atoms with van der Waals surface area (Å²) >= 11 is 8.90. The Morgan fingerprint density at radius 1 is 1.24 bits per heavy atom. The highest BCUT2D eigenvalue weighted by Gasteiger charge is 2.16. The van der Waals surface area contributed by atoms with Crippen LogP contribution in [-0.2, 0) is 4.74 Å². The fourth-order valence-electron chi connectivity index (χ4n) is 2.01. The van der Waals surface area contributed by atoms with E-state index >= 15 is 0 Å². The lowest BCUT2D eigenvalue weighted by Gasteiger charge is -2.06. The van der Waals surface area contributed by atoms with Crippen molar-refractivity contribution in [3.8, 4) is 16.3 Å². The number of benzene rings is 1. The highest BCUT2D eigenvalue weighted by atomic mass is 35.5. The van der Waals surface area contributed by atoms with Gasteiger partial charge in [0.2, 0.25) is 0 Å². The van der Waals surface area contributed by atoms with E-state index in [1.807, 2.05) is 16.8 Å². The lowest BCUT2D eigenvalue weighted by atomic mass is 10.1. The van der Waals surface area contributed by atoms with Gasteiger partial charge in [-0.05, 0) is 29.6 Å². The maximum Gasteiger partial charge on any atom is 0.358 e. The molecule has 2 aromatic heterocycles. The molecule has 3 rings (SSSR count). The number of hydrogen-bond acceptors (Lipinski definition) is 7. The molecule has 0 aliphatic rings. The van der Waals surface area contributed by atoms with Crippen LogP contribution in [0.2, 0.25) is 5.02 Å². The second-order valence-corrected chi connectivity index (χ2v) is 6.94. The van der Waals surface area contributed by atoms with Crippen LogP contribution in [0.25, 0.3) is 10.6 Å². The first kappa shape index (κ1) is 17.6. The lowest BCUT2D eigenvalue weighted by Crippen LogP contribution is -2.14.